The zero-order valence-electron chi connectivity index (χ0n) is 34.1. The molecular formula is C42H83NO7P+. The number of allylic oxidation sites excluding steroid dienone is 3. The van der Waals surface area contributed by atoms with Gasteiger partial charge in [-0.05, 0) is 51.0 Å². The van der Waals surface area contributed by atoms with Gasteiger partial charge < -0.3 is 18.9 Å². The van der Waals surface area contributed by atoms with Crippen LogP contribution in [0.1, 0.15) is 187 Å². The Kier molecular flexibility index (Phi) is 35.0. The first-order valence-electron chi connectivity index (χ1n) is 21.1. The highest BCUT2D eigenvalue weighted by Gasteiger charge is 2.25. The van der Waals surface area contributed by atoms with Crippen molar-refractivity contribution in [1.29, 1.82) is 0 Å². The fraction of sp³-hybridized carbons (Fsp3) is 0.881. The molecule has 9 heteroatoms. The minimum atomic E-state index is -4.26. The number of quaternary nitrogens is 1. The topological polar surface area (TPSA) is 91.3 Å². The Labute approximate surface area is 315 Å². The Morgan fingerprint density at radius 1 is 0.608 bits per heavy atom. The van der Waals surface area contributed by atoms with E-state index in [1.807, 2.05) is 27.2 Å². The monoisotopic (exact) mass is 745 g/mol. The summed E-state index contributed by atoms with van der Waals surface area (Å²) in [6.07, 6.45) is 40.2. The molecule has 0 aromatic rings. The Morgan fingerprint density at radius 3 is 1.53 bits per heavy atom. The van der Waals surface area contributed by atoms with E-state index in [0.717, 1.165) is 38.5 Å². The van der Waals surface area contributed by atoms with Gasteiger partial charge in [-0.25, -0.2) is 4.57 Å². The fourth-order valence-corrected chi connectivity index (χ4v) is 6.45. The van der Waals surface area contributed by atoms with E-state index in [4.69, 9.17) is 18.5 Å². The molecule has 0 rings (SSSR count). The van der Waals surface area contributed by atoms with Gasteiger partial charge in [-0.3, -0.25) is 13.8 Å². The van der Waals surface area contributed by atoms with Crippen LogP contribution >= 0.6 is 7.82 Å². The molecule has 0 spiro atoms. The molecule has 302 valence electrons. The van der Waals surface area contributed by atoms with E-state index >= 15 is 0 Å². The molecule has 0 fully saturated rings. The second-order valence-electron chi connectivity index (χ2n) is 15.4. The summed E-state index contributed by atoms with van der Waals surface area (Å²) >= 11 is 0. The number of nitrogens with zero attached hydrogens (tertiary/aromatic N) is 1. The second-order valence-corrected chi connectivity index (χ2v) is 16.9. The summed E-state index contributed by atoms with van der Waals surface area (Å²) in [7, 11) is 1.67. The predicted octanol–water partition coefficient (Wildman–Crippen LogP) is 12.4. The molecule has 0 saturated heterocycles. The summed E-state index contributed by atoms with van der Waals surface area (Å²) in [5.74, 6) is -0.285. The minimum Gasteiger partial charge on any atom is -0.492 e. The molecular weight excluding hydrogens is 661 g/mol. The van der Waals surface area contributed by atoms with E-state index in [-0.39, 0.29) is 25.8 Å². The zero-order chi connectivity index (χ0) is 37.7. The molecule has 0 heterocycles. The minimum absolute atomic E-state index is 0.0499. The van der Waals surface area contributed by atoms with Crippen LogP contribution in [0.3, 0.4) is 0 Å². The summed E-state index contributed by atoms with van der Waals surface area (Å²) < 4.78 is 34.7. The van der Waals surface area contributed by atoms with E-state index in [2.05, 4.69) is 26.0 Å². The molecule has 0 saturated carbocycles. The molecule has 1 N–H and O–H groups in total. The number of carbonyl (C=O) groups is 1. The summed E-state index contributed by atoms with van der Waals surface area (Å²) in [5, 5.41) is 0. The van der Waals surface area contributed by atoms with Gasteiger partial charge in [0.05, 0.1) is 34.0 Å². The SMILES string of the molecule is CCCCCC/C=C\CCCCCCCC(=O)OCC(COP(=O)(O)OCC[N+](C)(C)C)O/C=C\CCCCCCCCCCCCCCCC. The van der Waals surface area contributed by atoms with Gasteiger partial charge in [-0.2, -0.15) is 0 Å². The lowest BCUT2D eigenvalue weighted by Crippen LogP contribution is -2.37. The number of unbranched alkanes of at least 4 members (excludes halogenated alkanes) is 23. The van der Waals surface area contributed by atoms with Crippen LogP contribution in [-0.2, 0) is 27.9 Å². The van der Waals surface area contributed by atoms with Crippen LogP contribution in [-0.4, -0.2) is 69.0 Å². The van der Waals surface area contributed by atoms with Crippen LogP contribution in [0.5, 0.6) is 0 Å². The van der Waals surface area contributed by atoms with Gasteiger partial charge in [0.2, 0.25) is 0 Å². The van der Waals surface area contributed by atoms with Crippen molar-refractivity contribution in [2.75, 3.05) is 47.5 Å². The normalized spacial score (nSPS) is 14.0. The molecule has 2 atom stereocenters. The van der Waals surface area contributed by atoms with Crippen LogP contribution in [0.2, 0.25) is 0 Å². The first kappa shape index (κ1) is 49.8. The average Bonchev–Trinajstić information content (AvgIpc) is 3.08. The standard InChI is InChI=1S/C42H82NO7P/c1-6-8-10-12-14-16-18-20-21-22-24-26-28-30-32-34-37-47-41(40-50-51(45,46)49-38-36-43(3,4)5)39-48-42(44)35-33-31-29-27-25-23-19-17-15-13-11-9-7-2/h17,19,34,37,41H,6-16,18,20-33,35-36,38-40H2,1-5H3/p+1/b19-17-,37-34-. The second kappa shape index (κ2) is 35.8. The molecule has 0 amide bonds. The van der Waals surface area contributed by atoms with Crippen molar-refractivity contribution in [3.05, 3.63) is 24.5 Å². The number of phosphoric ester groups is 1. The van der Waals surface area contributed by atoms with Crippen molar-refractivity contribution >= 4 is 13.8 Å². The molecule has 0 aliphatic rings. The van der Waals surface area contributed by atoms with Gasteiger partial charge in [0.15, 0.2) is 6.10 Å². The molecule has 0 aromatic heterocycles. The summed E-state index contributed by atoms with van der Waals surface area (Å²) in [6.45, 7) is 4.89. The highest BCUT2D eigenvalue weighted by molar-refractivity contribution is 7.47. The number of carbonyl (C=O) groups excluding carboxylic acids is 1. The van der Waals surface area contributed by atoms with Gasteiger partial charge in [-0.15, -0.1) is 0 Å². The molecule has 0 aromatic carbocycles. The quantitative estimate of drug-likeness (QED) is 0.0167. The Bertz CT molecular complexity index is 874. The van der Waals surface area contributed by atoms with Crippen molar-refractivity contribution in [2.45, 2.75) is 193 Å². The third-order valence-electron chi connectivity index (χ3n) is 9.10. The van der Waals surface area contributed by atoms with E-state index in [1.165, 1.54) is 128 Å². The first-order chi connectivity index (χ1) is 24.6. The van der Waals surface area contributed by atoms with E-state index in [1.54, 1.807) is 6.26 Å². The molecule has 0 radical (unpaired) electrons. The van der Waals surface area contributed by atoms with Crippen molar-refractivity contribution in [3.8, 4) is 0 Å². The number of rotatable bonds is 39. The maximum atomic E-state index is 12.4. The van der Waals surface area contributed by atoms with Crippen molar-refractivity contribution in [3.63, 3.8) is 0 Å². The van der Waals surface area contributed by atoms with E-state index in [0.29, 0.717) is 17.4 Å². The molecule has 2 unspecified atom stereocenters. The maximum Gasteiger partial charge on any atom is 0.472 e. The van der Waals surface area contributed by atoms with Crippen LogP contribution in [0.15, 0.2) is 24.5 Å². The van der Waals surface area contributed by atoms with Gasteiger partial charge in [0.1, 0.15) is 19.8 Å². The Hall–Kier alpha value is -1.18. The Balaban J connectivity index is 4.31. The lowest BCUT2D eigenvalue weighted by molar-refractivity contribution is -0.870. The smallest absolute Gasteiger partial charge is 0.472 e. The van der Waals surface area contributed by atoms with Crippen LogP contribution < -0.4 is 0 Å². The summed E-state index contributed by atoms with van der Waals surface area (Å²) in [4.78, 5) is 22.6. The lowest BCUT2D eigenvalue weighted by Gasteiger charge is -2.24. The number of esters is 1. The number of ether oxygens (including phenoxy) is 2. The maximum absolute atomic E-state index is 12.4. The summed E-state index contributed by atoms with van der Waals surface area (Å²) in [6, 6.07) is 0. The van der Waals surface area contributed by atoms with Crippen molar-refractivity contribution in [1.82, 2.24) is 0 Å². The van der Waals surface area contributed by atoms with E-state index < -0.39 is 13.9 Å². The third kappa shape index (κ3) is 39.9. The summed E-state index contributed by atoms with van der Waals surface area (Å²) in [5.41, 5.74) is 0. The molecule has 8 nitrogen and oxygen atoms in total. The molecule has 51 heavy (non-hydrogen) atoms. The van der Waals surface area contributed by atoms with Gasteiger partial charge in [0.25, 0.3) is 0 Å². The van der Waals surface area contributed by atoms with Crippen molar-refractivity contribution < 1.29 is 37.3 Å². The Morgan fingerprint density at radius 2 is 1.04 bits per heavy atom. The number of hydrogen-bond acceptors (Lipinski definition) is 6. The van der Waals surface area contributed by atoms with Crippen molar-refractivity contribution in [2.24, 2.45) is 0 Å². The third-order valence-corrected chi connectivity index (χ3v) is 10.1. The molecule has 0 bridgehead atoms. The average molecular weight is 745 g/mol. The van der Waals surface area contributed by atoms with Crippen LogP contribution in [0.25, 0.3) is 0 Å². The molecule has 0 aliphatic heterocycles. The highest BCUT2D eigenvalue weighted by atomic mass is 31.2. The highest BCUT2D eigenvalue weighted by Crippen LogP contribution is 2.43. The zero-order valence-corrected chi connectivity index (χ0v) is 35.0. The number of hydrogen-bond donors (Lipinski definition) is 1. The van der Waals surface area contributed by atoms with Gasteiger partial charge in [-0.1, -0.05) is 148 Å². The van der Waals surface area contributed by atoms with Crippen LogP contribution in [0.4, 0.5) is 0 Å². The van der Waals surface area contributed by atoms with Gasteiger partial charge in [0, 0.05) is 6.42 Å². The van der Waals surface area contributed by atoms with Gasteiger partial charge >= 0.3 is 13.8 Å². The van der Waals surface area contributed by atoms with E-state index in [9.17, 15) is 14.3 Å². The number of likely N-dealkylation sites (N-methyl/N-ethyl adjacent to an activating group) is 1. The molecule has 0 aliphatic carbocycles. The largest absolute Gasteiger partial charge is 0.492 e. The fourth-order valence-electron chi connectivity index (χ4n) is 5.71. The lowest BCUT2D eigenvalue weighted by atomic mass is 10.0. The number of phosphoric acid groups is 1. The van der Waals surface area contributed by atoms with Crippen LogP contribution in [0, 0.1) is 0 Å². The first-order valence-corrected chi connectivity index (χ1v) is 22.6. The predicted molar refractivity (Wildman–Crippen MR) is 215 cm³/mol.